The number of carbonyl (C=O) groups is 1. The van der Waals surface area contributed by atoms with Gasteiger partial charge in [0.1, 0.15) is 5.75 Å². The van der Waals surface area contributed by atoms with E-state index in [1.807, 2.05) is 36.4 Å². The van der Waals surface area contributed by atoms with Crippen molar-refractivity contribution >= 4 is 17.3 Å². The quantitative estimate of drug-likeness (QED) is 0.808. The number of anilines is 2. The Morgan fingerprint density at radius 3 is 2.65 bits per heavy atom. The second kappa shape index (κ2) is 4.56. The molecule has 2 N–H and O–H groups in total. The third kappa shape index (κ3) is 1.90. The summed E-state index contributed by atoms with van der Waals surface area (Å²) in [6, 6.07) is 11.5. The molecule has 102 valence electrons. The summed E-state index contributed by atoms with van der Waals surface area (Å²) in [5.74, 6) is 0.807. The molecule has 20 heavy (non-hydrogen) atoms. The lowest BCUT2D eigenvalue weighted by atomic mass is 9.97. The largest absolute Gasteiger partial charge is 0.497 e. The molecule has 0 aromatic heterocycles. The number of ether oxygens (including phenoxy) is 1. The van der Waals surface area contributed by atoms with Crippen molar-refractivity contribution in [3.63, 3.8) is 0 Å². The van der Waals surface area contributed by atoms with Gasteiger partial charge in [-0.2, -0.15) is 0 Å². The van der Waals surface area contributed by atoms with Gasteiger partial charge in [0, 0.05) is 18.3 Å². The summed E-state index contributed by atoms with van der Waals surface area (Å²) in [6.07, 6.45) is 0.359. The van der Waals surface area contributed by atoms with E-state index in [0.717, 1.165) is 28.1 Å². The van der Waals surface area contributed by atoms with Gasteiger partial charge in [0.2, 0.25) is 5.91 Å². The first-order chi connectivity index (χ1) is 9.60. The van der Waals surface area contributed by atoms with Crippen LogP contribution in [0.4, 0.5) is 11.4 Å². The number of methoxy groups -OCH3 is 1. The van der Waals surface area contributed by atoms with Gasteiger partial charge in [-0.05, 0) is 35.4 Å². The molecule has 0 fully saturated rings. The van der Waals surface area contributed by atoms with Crippen LogP contribution in [0.1, 0.15) is 5.56 Å². The molecule has 0 unspecified atom stereocenters. The molecule has 0 aliphatic carbocycles. The van der Waals surface area contributed by atoms with Crippen molar-refractivity contribution in [2.24, 2.45) is 0 Å². The van der Waals surface area contributed by atoms with Crippen LogP contribution < -0.4 is 15.4 Å². The normalized spacial score (nSPS) is 13.5. The van der Waals surface area contributed by atoms with Crippen LogP contribution in [0.2, 0.25) is 0 Å². The minimum Gasteiger partial charge on any atom is -0.497 e. The van der Waals surface area contributed by atoms with Crippen LogP contribution in [-0.4, -0.2) is 20.1 Å². The lowest BCUT2D eigenvalue weighted by Crippen LogP contribution is -2.26. The number of hydrogen-bond acceptors (Lipinski definition) is 3. The maximum atomic E-state index is 12.3. The highest BCUT2D eigenvalue weighted by Gasteiger charge is 2.23. The minimum atomic E-state index is 0.0452. The van der Waals surface area contributed by atoms with Crippen LogP contribution in [0, 0.1) is 0 Å². The summed E-state index contributed by atoms with van der Waals surface area (Å²) >= 11 is 0. The predicted molar refractivity (Wildman–Crippen MR) is 80.0 cm³/mol. The molecular weight excluding hydrogens is 252 g/mol. The first-order valence-corrected chi connectivity index (χ1v) is 6.43. The Morgan fingerprint density at radius 2 is 1.90 bits per heavy atom. The SMILES string of the molecule is COc1ccc2c(c1)CC(=O)N(C)c1cc(N)ccc1-2. The number of benzene rings is 2. The number of likely N-dealkylation sites (N-methyl/N-ethyl adjacent to an activating group) is 1. The first-order valence-electron chi connectivity index (χ1n) is 6.43. The Morgan fingerprint density at radius 1 is 1.15 bits per heavy atom. The van der Waals surface area contributed by atoms with Gasteiger partial charge in [-0.15, -0.1) is 0 Å². The molecule has 3 rings (SSSR count). The average Bonchev–Trinajstić information content (AvgIpc) is 2.55. The summed E-state index contributed by atoms with van der Waals surface area (Å²) in [7, 11) is 3.41. The van der Waals surface area contributed by atoms with Crippen molar-refractivity contribution in [2.45, 2.75) is 6.42 Å². The predicted octanol–water partition coefficient (Wildman–Crippen LogP) is 2.46. The fourth-order valence-corrected chi connectivity index (χ4v) is 2.58. The van der Waals surface area contributed by atoms with E-state index in [2.05, 4.69) is 0 Å². The maximum absolute atomic E-state index is 12.3. The Balaban J connectivity index is 2.27. The fraction of sp³-hybridized carbons (Fsp3) is 0.188. The fourth-order valence-electron chi connectivity index (χ4n) is 2.58. The molecule has 0 radical (unpaired) electrons. The van der Waals surface area contributed by atoms with E-state index in [1.165, 1.54) is 0 Å². The molecule has 0 bridgehead atoms. The molecule has 0 saturated heterocycles. The van der Waals surface area contributed by atoms with Crippen LogP contribution in [0.5, 0.6) is 5.75 Å². The zero-order valence-corrected chi connectivity index (χ0v) is 11.5. The molecule has 0 spiro atoms. The first kappa shape index (κ1) is 12.5. The van der Waals surface area contributed by atoms with Crippen molar-refractivity contribution in [2.75, 3.05) is 24.8 Å². The Kier molecular flexibility index (Phi) is 2.86. The van der Waals surface area contributed by atoms with Crippen molar-refractivity contribution in [3.05, 3.63) is 42.0 Å². The summed E-state index contributed by atoms with van der Waals surface area (Å²) in [5.41, 5.74) is 10.4. The molecule has 2 aromatic rings. The van der Waals surface area contributed by atoms with Crippen LogP contribution >= 0.6 is 0 Å². The number of hydrogen-bond donors (Lipinski definition) is 1. The monoisotopic (exact) mass is 268 g/mol. The summed E-state index contributed by atoms with van der Waals surface area (Å²) < 4.78 is 5.25. The molecule has 4 nitrogen and oxygen atoms in total. The highest BCUT2D eigenvalue weighted by atomic mass is 16.5. The standard InChI is InChI=1S/C16H16N2O2/c1-18-15-9-11(17)3-5-14(15)13-6-4-12(20-2)7-10(13)8-16(18)19/h3-7,9H,8,17H2,1-2H3. The number of nitrogen functional groups attached to an aromatic ring is 1. The van der Waals surface area contributed by atoms with E-state index < -0.39 is 0 Å². The van der Waals surface area contributed by atoms with Gasteiger partial charge in [-0.3, -0.25) is 4.79 Å². The lowest BCUT2D eigenvalue weighted by Gasteiger charge is -2.18. The number of rotatable bonds is 1. The Hall–Kier alpha value is -2.49. The molecule has 4 heteroatoms. The highest BCUT2D eigenvalue weighted by molar-refractivity contribution is 6.02. The van der Waals surface area contributed by atoms with E-state index >= 15 is 0 Å². The van der Waals surface area contributed by atoms with E-state index in [4.69, 9.17) is 10.5 Å². The van der Waals surface area contributed by atoms with Gasteiger partial charge < -0.3 is 15.4 Å². The van der Waals surface area contributed by atoms with Crippen molar-refractivity contribution in [3.8, 4) is 16.9 Å². The lowest BCUT2D eigenvalue weighted by molar-refractivity contribution is -0.117. The number of amides is 1. The maximum Gasteiger partial charge on any atom is 0.231 e. The van der Waals surface area contributed by atoms with Gasteiger partial charge in [-0.1, -0.05) is 12.1 Å². The van der Waals surface area contributed by atoms with Crippen molar-refractivity contribution in [1.82, 2.24) is 0 Å². The van der Waals surface area contributed by atoms with Gasteiger partial charge in [0.15, 0.2) is 0 Å². The van der Waals surface area contributed by atoms with Crippen LogP contribution in [0.3, 0.4) is 0 Å². The van der Waals surface area contributed by atoms with Crippen LogP contribution in [-0.2, 0) is 11.2 Å². The van der Waals surface area contributed by atoms with Crippen LogP contribution in [0.15, 0.2) is 36.4 Å². The molecule has 1 aliphatic rings. The van der Waals surface area contributed by atoms with Gasteiger partial charge in [0.05, 0.1) is 19.2 Å². The molecular formula is C16H16N2O2. The van der Waals surface area contributed by atoms with E-state index in [0.29, 0.717) is 12.1 Å². The summed E-state index contributed by atoms with van der Waals surface area (Å²) in [6.45, 7) is 0. The second-order valence-electron chi connectivity index (χ2n) is 4.93. The summed E-state index contributed by atoms with van der Waals surface area (Å²) in [5, 5.41) is 0. The zero-order chi connectivity index (χ0) is 14.3. The van der Waals surface area contributed by atoms with Gasteiger partial charge in [0.25, 0.3) is 0 Å². The number of nitrogens with two attached hydrogens (primary N) is 1. The van der Waals surface area contributed by atoms with Gasteiger partial charge in [-0.25, -0.2) is 0 Å². The van der Waals surface area contributed by atoms with Gasteiger partial charge >= 0.3 is 0 Å². The number of fused-ring (bicyclic) bond motifs is 3. The molecule has 1 aliphatic heterocycles. The van der Waals surface area contributed by atoms with Crippen molar-refractivity contribution in [1.29, 1.82) is 0 Å². The second-order valence-corrected chi connectivity index (χ2v) is 4.93. The topological polar surface area (TPSA) is 55.6 Å². The minimum absolute atomic E-state index is 0.0452. The summed E-state index contributed by atoms with van der Waals surface area (Å²) in [4.78, 5) is 14.0. The molecule has 1 amide bonds. The average molecular weight is 268 g/mol. The van der Waals surface area contributed by atoms with Crippen molar-refractivity contribution < 1.29 is 9.53 Å². The molecule has 0 atom stereocenters. The van der Waals surface area contributed by atoms with E-state index in [-0.39, 0.29) is 5.91 Å². The smallest absolute Gasteiger partial charge is 0.231 e. The van der Waals surface area contributed by atoms with Crippen LogP contribution in [0.25, 0.3) is 11.1 Å². The van der Waals surface area contributed by atoms with E-state index in [1.54, 1.807) is 19.1 Å². The molecule has 0 saturated carbocycles. The highest BCUT2D eigenvalue weighted by Crippen LogP contribution is 2.38. The third-order valence-corrected chi connectivity index (χ3v) is 3.70. The third-order valence-electron chi connectivity index (χ3n) is 3.70. The number of nitrogens with zero attached hydrogens (tertiary/aromatic N) is 1. The molecule has 1 heterocycles. The Bertz CT molecular complexity index is 695. The Labute approximate surface area is 117 Å². The number of carbonyl (C=O) groups excluding carboxylic acids is 1. The van der Waals surface area contributed by atoms with E-state index in [9.17, 15) is 4.79 Å². The zero-order valence-electron chi connectivity index (χ0n) is 11.5. The molecule has 2 aromatic carbocycles.